The molecule has 2 aromatic carbocycles. The van der Waals surface area contributed by atoms with Crippen LogP contribution in [0.5, 0.6) is 0 Å². The van der Waals surface area contributed by atoms with Gasteiger partial charge in [-0.15, -0.1) is 0 Å². The molecule has 9 heteroatoms. The normalized spacial score (nSPS) is 10.0. The minimum Gasteiger partial charge on any atom is -0.351 e. The standard InChI is InChI=1S/C13H10N4O5/c14-13(18)15(9-3-1-5-11(7-9)16(19)20)10-4-2-6-12(8-10)17(21)22/h1-8H,(H2,14,18). The summed E-state index contributed by atoms with van der Waals surface area (Å²) in [6.45, 7) is 0. The molecule has 0 aromatic heterocycles. The first-order valence-electron chi connectivity index (χ1n) is 5.98. The fourth-order valence-electron chi connectivity index (χ4n) is 1.89. The van der Waals surface area contributed by atoms with Crippen LogP contribution in [0.15, 0.2) is 48.5 Å². The van der Waals surface area contributed by atoms with E-state index in [2.05, 4.69) is 0 Å². The monoisotopic (exact) mass is 302 g/mol. The van der Waals surface area contributed by atoms with Crippen molar-refractivity contribution in [3.8, 4) is 0 Å². The molecule has 0 fully saturated rings. The number of rotatable bonds is 4. The van der Waals surface area contributed by atoms with Gasteiger partial charge in [0.25, 0.3) is 11.4 Å². The van der Waals surface area contributed by atoms with E-state index in [4.69, 9.17) is 5.73 Å². The number of nitrogens with two attached hydrogens (primary N) is 1. The lowest BCUT2D eigenvalue weighted by molar-refractivity contribution is -0.384. The summed E-state index contributed by atoms with van der Waals surface area (Å²) in [7, 11) is 0. The SMILES string of the molecule is NC(=O)N(c1cccc([N+](=O)[O-])c1)c1cccc([N+](=O)[O-])c1. The lowest BCUT2D eigenvalue weighted by atomic mass is 10.2. The van der Waals surface area contributed by atoms with Crippen LogP contribution in [-0.4, -0.2) is 15.9 Å². The van der Waals surface area contributed by atoms with Crippen molar-refractivity contribution in [3.05, 3.63) is 68.8 Å². The maximum atomic E-state index is 11.7. The fourth-order valence-corrected chi connectivity index (χ4v) is 1.89. The number of anilines is 2. The number of hydrogen-bond donors (Lipinski definition) is 1. The molecule has 22 heavy (non-hydrogen) atoms. The largest absolute Gasteiger partial charge is 0.351 e. The van der Waals surface area contributed by atoms with Crippen LogP contribution in [0.25, 0.3) is 0 Å². The summed E-state index contributed by atoms with van der Waals surface area (Å²) in [5.74, 6) is 0. The minimum absolute atomic E-state index is 0.141. The van der Waals surface area contributed by atoms with Gasteiger partial charge in [-0.1, -0.05) is 12.1 Å². The molecule has 2 N–H and O–H groups in total. The van der Waals surface area contributed by atoms with E-state index >= 15 is 0 Å². The molecule has 0 spiro atoms. The van der Waals surface area contributed by atoms with Gasteiger partial charge in [0, 0.05) is 24.3 Å². The van der Waals surface area contributed by atoms with Crippen LogP contribution in [0.2, 0.25) is 0 Å². The second-order valence-corrected chi connectivity index (χ2v) is 4.23. The Bertz CT molecular complexity index is 704. The summed E-state index contributed by atoms with van der Waals surface area (Å²) >= 11 is 0. The smallest absolute Gasteiger partial charge is 0.323 e. The Morgan fingerprint density at radius 1 is 0.909 bits per heavy atom. The van der Waals surface area contributed by atoms with Crippen molar-refractivity contribution in [2.45, 2.75) is 0 Å². The van der Waals surface area contributed by atoms with Gasteiger partial charge < -0.3 is 5.73 Å². The van der Waals surface area contributed by atoms with Crippen LogP contribution >= 0.6 is 0 Å². The molecule has 0 radical (unpaired) electrons. The Labute approximate surface area is 123 Å². The van der Waals surface area contributed by atoms with Gasteiger partial charge in [0.15, 0.2) is 0 Å². The average molecular weight is 302 g/mol. The van der Waals surface area contributed by atoms with E-state index in [1.165, 1.54) is 36.4 Å². The minimum atomic E-state index is -0.916. The molecular weight excluding hydrogens is 292 g/mol. The first-order chi connectivity index (χ1) is 10.4. The lowest BCUT2D eigenvalue weighted by Gasteiger charge is -2.20. The van der Waals surface area contributed by atoms with E-state index in [1.807, 2.05) is 0 Å². The third kappa shape index (κ3) is 2.98. The summed E-state index contributed by atoms with van der Waals surface area (Å²) in [4.78, 5) is 33.0. The molecule has 0 atom stereocenters. The summed E-state index contributed by atoms with van der Waals surface area (Å²) in [6, 6.07) is 9.58. The predicted molar refractivity (Wildman–Crippen MR) is 77.9 cm³/mol. The molecule has 112 valence electrons. The van der Waals surface area contributed by atoms with Crippen LogP contribution in [0.1, 0.15) is 0 Å². The average Bonchev–Trinajstić information content (AvgIpc) is 2.47. The van der Waals surface area contributed by atoms with Gasteiger partial charge >= 0.3 is 6.03 Å². The van der Waals surface area contributed by atoms with E-state index in [1.54, 1.807) is 0 Å². The van der Waals surface area contributed by atoms with Gasteiger partial charge in [-0.3, -0.25) is 25.1 Å². The number of urea groups is 1. The number of nitro benzene ring substituents is 2. The van der Waals surface area contributed by atoms with E-state index in [0.717, 1.165) is 17.0 Å². The van der Waals surface area contributed by atoms with Crippen molar-refractivity contribution in [2.24, 2.45) is 5.73 Å². The number of amides is 2. The number of nitro groups is 2. The molecule has 0 saturated carbocycles. The van der Waals surface area contributed by atoms with Crippen molar-refractivity contribution >= 4 is 28.8 Å². The first kappa shape index (κ1) is 14.9. The molecule has 2 amide bonds. The van der Waals surface area contributed by atoms with Crippen molar-refractivity contribution in [3.63, 3.8) is 0 Å². The molecule has 2 rings (SSSR count). The number of primary amides is 1. The zero-order valence-corrected chi connectivity index (χ0v) is 11.1. The Morgan fingerprint density at radius 2 is 1.32 bits per heavy atom. The highest BCUT2D eigenvalue weighted by molar-refractivity contribution is 5.98. The van der Waals surface area contributed by atoms with Crippen molar-refractivity contribution in [2.75, 3.05) is 4.90 Å². The highest BCUT2D eigenvalue weighted by atomic mass is 16.6. The van der Waals surface area contributed by atoms with Gasteiger partial charge in [0.1, 0.15) is 0 Å². The molecule has 0 bridgehead atoms. The van der Waals surface area contributed by atoms with Crippen LogP contribution < -0.4 is 10.6 Å². The van der Waals surface area contributed by atoms with Gasteiger partial charge in [0.2, 0.25) is 0 Å². The second kappa shape index (κ2) is 5.87. The van der Waals surface area contributed by atoms with Crippen molar-refractivity contribution in [1.82, 2.24) is 0 Å². The van der Waals surface area contributed by atoms with Crippen LogP contribution in [0, 0.1) is 20.2 Å². The third-order valence-corrected chi connectivity index (χ3v) is 2.82. The Morgan fingerprint density at radius 3 is 1.64 bits per heavy atom. The van der Waals surface area contributed by atoms with E-state index < -0.39 is 15.9 Å². The molecule has 0 saturated heterocycles. The zero-order valence-electron chi connectivity index (χ0n) is 11.1. The lowest BCUT2D eigenvalue weighted by Crippen LogP contribution is -2.31. The maximum Gasteiger partial charge on any atom is 0.323 e. The number of carbonyl (C=O) groups is 1. The molecule has 0 aliphatic carbocycles. The maximum absolute atomic E-state index is 11.7. The molecule has 0 aliphatic heterocycles. The Hall–Kier alpha value is -3.49. The van der Waals surface area contributed by atoms with E-state index in [-0.39, 0.29) is 22.7 Å². The number of benzene rings is 2. The first-order valence-corrected chi connectivity index (χ1v) is 5.98. The van der Waals surface area contributed by atoms with Gasteiger partial charge in [-0.25, -0.2) is 4.79 Å². The Balaban J connectivity index is 2.53. The van der Waals surface area contributed by atoms with Crippen molar-refractivity contribution < 1.29 is 14.6 Å². The molecule has 2 aromatic rings. The number of hydrogen-bond acceptors (Lipinski definition) is 5. The summed E-state index contributed by atoms with van der Waals surface area (Å²) < 4.78 is 0. The van der Waals surface area contributed by atoms with E-state index in [9.17, 15) is 25.0 Å². The topological polar surface area (TPSA) is 133 Å². The third-order valence-electron chi connectivity index (χ3n) is 2.82. The van der Waals surface area contributed by atoms with Crippen LogP contribution in [0.3, 0.4) is 0 Å². The summed E-state index contributed by atoms with van der Waals surface area (Å²) in [5, 5.41) is 21.6. The molecule has 0 unspecified atom stereocenters. The molecular formula is C13H10N4O5. The number of non-ortho nitro benzene ring substituents is 2. The number of carbonyl (C=O) groups excluding carboxylic acids is 1. The van der Waals surface area contributed by atoms with E-state index in [0.29, 0.717) is 0 Å². The number of nitrogens with zero attached hydrogens (tertiary/aromatic N) is 3. The quantitative estimate of drug-likeness (QED) is 0.684. The van der Waals surface area contributed by atoms with Gasteiger partial charge in [0.05, 0.1) is 21.2 Å². The summed E-state index contributed by atoms with van der Waals surface area (Å²) in [6.07, 6.45) is 0. The van der Waals surface area contributed by atoms with Crippen LogP contribution in [-0.2, 0) is 0 Å². The Kier molecular flexibility index (Phi) is 3.98. The fraction of sp³-hybridized carbons (Fsp3) is 0. The summed E-state index contributed by atoms with van der Waals surface area (Å²) in [5.41, 5.74) is 5.13. The molecule has 0 aliphatic rings. The van der Waals surface area contributed by atoms with Crippen molar-refractivity contribution in [1.29, 1.82) is 0 Å². The predicted octanol–water partition coefficient (Wildman–Crippen LogP) is 2.72. The van der Waals surface area contributed by atoms with Gasteiger partial charge in [-0.2, -0.15) is 0 Å². The highest BCUT2D eigenvalue weighted by Crippen LogP contribution is 2.30. The highest BCUT2D eigenvalue weighted by Gasteiger charge is 2.19. The zero-order chi connectivity index (χ0) is 16.3. The molecule has 0 heterocycles. The van der Waals surface area contributed by atoms with Gasteiger partial charge in [-0.05, 0) is 12.1 Å². The second-order valence-electron chi connectivity index (χ2n) is 4.23. The molecule has 9 nitrogen and oxygen atoms in total. The van der Waals surface area contributed by atoms with Crippen LogP contribution in [0.4, 0.5) is 27.5 Å².